The molecule has 2 aliphatic heterocycles. The predicted octanol–water partition coefficient (Wildman–Crippen LogP) is 2.47. The summed E-state index contributed by atoms with van der Waals surface area (Å²) in [6.45, 7) is 7.55. The Labute approximate surface area is 171 Å². The van der Waals surface area contributed by atoms with Gasteiger partial charge in [0, 0.05) is 56.9 Å². The summed E-state index contributed by atoms with van der Waals surface area (Å²) in [4.78, 5) is 9.20. The van der Waals surface area contributed by atoms with Gasteiger partial charge in [-0.2, -0.15) is 0 Å². The number of rotatable bonds is 3. The molecule has 0 unspecified atom stereocenters. The van der Waals surface area contributed by atoms with E-state index >= 15 is 0 Å². The average molecular weight is 402 g/mol. The van der Waals surface area contributed by atoms with Crippen LogP contribution in [0, 0.1) is 6.92 Å². The Morgan fingerprint density at radius 3 is 2.75 bits per heavy atom. The van der Waals surface area contributed by atoms with Gasteiger partial charge >= 0.3 is 0 Å². The van der Waals surface area contributed by atoms with Gasteiger partial charge in [-0.15, -0.1) is 10.2 Å². The molecule has 0 amide bonds. The third kappa shape index (κ3) is 3.94. The van der Waals surface area contributed by atoms with Gasteiger partial charge < -0.3 is 19.7 Å². The Balaban J connectivity index is 1.35. The third-order valence-corrected chi connectivity index (χ3v) is 5.88. The Morgan fingerprint density at radius 1 is 1.14 bits per heavy atom. The minimum atomic E-state index is 0.660. The van der Waals surface area contributed by atoms with Crippen molar-refractivity contribution in [1.29, 1.82) is 0 Å². The number of nitrogens with one attached hydrogen (secondary N) is 1. The topological polar surface area (TPSA) is 61.6 Å². The molecule has 1 fully saturated rings. The molecule has 2 aliphatic rings. The maximum absolute atomic E-state index is 6.20. The highest BCUT2D eigenvalue weighted by Gasteiger charge is 2.22. The summed E-state index contributed by atoms with van der Waals surface area (Å²) in [5, 5.41) is 13.0. The molecule has 0 radical (unpaired) electrons. The van der Waals surface area contributed by atoms with Crippen molar-refractivity contribution in [3.05, 3.63) is 40.4 Å². The summed E-state index contributed by atoms with van der Waals surface area (Å²) < 4.78 is 2.25. The third-order valence-electron chi connectivity index (χ3n) is 5.64. The average Bonchev–Trinajstić information content (AvgIpc) is 3.14. The van der Waals surface area contributed by atoms with Gasteiger partial charge in [0.2, 0.25) is 0 Å². The van der Waals surface area contributed by atoms with Gasteiger partial charge in [0.15, 0.2) is 11.8 Å². The van der Waals surface area contributed by atoms with Crippen molar-refractivity contribution in [2.75, 3.05) is 38.1 Å². The number of aromatic nitrogens is 3. The Morgan fingerprint density at radius 2 is 1.96 bits per heavy atom. The second kappa shape index (κ2) is 8.39. The molecule has 4 rings (SSSR count). The summed E-state index contributed by atoms with van der Waals surface area (Å²) in [6.07, 6.45) is 3.45. The first-order chi connectivity index (χ1) is 13.7. The maximum atomic E-state index is 6.20. The Hall–Kier alpha value is -2.28. The number of hydrogen-bond acceptors (Lipinski definition) is 4. The van der Waals surface area contributed by atoms with Gasteiger partial charge in [0.1, 0.15) is 5.82 Å². The maximum Gasteiger partial charge on any atom is 0.194 e. The van der Waals surface area contributed by atoms with Crippen molar-refractivity contribution < 1.29 is 0 Å². The number of aliphatic imine (C=N–C) groups is 1. The van der Waals surface area contributed by atoms with E-state index in [1.54, 1.807) is 0 Å². The summed E-state index contributed by atoms with van der Waals surface area (Å²) in [6, 6.07) is 6.10. The summed E-state index contributed by atoms with van der Waals surface area (Å²) in [5.41, 5.74) is 2.49. The minimum Gasteiger partial charge on any atom is -0.368 e. The standard InChI is InChI=1S/C20H28ClN7/c1-15-6-7-16(21)13-17(15)26-9-11-27(12-10-26)20(22-2)23-14-19-25-24-18-5-3-4-8-28(18)19/h6-7,13H,3-5,8-12,14H2,1-2H3,(H,22,23). The van der Waals surface area contributed by atoms with E-state index in [4.69, 9.17) is 11.6 Å². The summed E-state index contributed by atoms with van der Waals surface area (Å²) >= 11 is 6.20. The Kier molecular flexibility index (Phi) is 5.71. The lowest BCUT2D eigenvalue weighted by molar-refractivity contribution is 0.371. The highest BCUT2D eigenvalue weighted by atomic mass is 35.5. The van der Waals surface area contributed by atoms with E-state index in [9.17, 15) is 0 Å². The molecule has 1 saturated heterocycles. The second-order valence-corrected chi connectivity index (χ2v) is 7.88. The molecule has 0 bridgehead atoms. The van der Waals surface area contributed by atoms with E-state index in [0.29, 0.717) is 6.54 Å². The van der Waals surface area contributed by atoms with Crippen LogP contribution in [0.1, 0.15) is 30.1 Å². The Bertz CT molecular complexity index is 852. The van der Waals surface area contributed by atoms with Crippen LogP contribution in [0.5, 0.6) is 0 Å². The van der Waals surface area contributed by atoms with Crippen molar-refractivity contribution in [2.45, 2.75) is 39.3 Å². The van der Waals surface area contributed by atoms with Crippen LogP contribution in [0.2, 0.25) is 5.02 Å². The van der Waals surface area contributed by atoms with Gasteiger partial charge in [0.25, 0.3) is 0 Å². The summed E-state index contributed by atoms with van der Waals surface area (Å²) in [5.74, 6) is 3.04. The van der Waals surface area contributed by atoms with Crippen LogP contribution in [0.4, 0.5) is 5.69 Å². The van der Waals surface area contributed by atoms with Gasteiger partial charge in [0.05, 0.1) is 6.54 Å². The minimum absolute atomic E-state index is 0.660. The first-order valence-corrected chi connectivity index (χ1v) is 10.4. The molecular formula is C20H28ClN7. The van der Waals surface area contributed by atoms with Crippen molar-refractivity contribution in [3.63, 3.8) is 0 Å². The number of piperazine rings is 1. The normalized spacial score (nSPS) is 17.6. The number of fused-ring (bicyclic) bond motifs is 1. The number of nitrogens with zero attached hydrogens (tertiary/aromatic N) is 6. The number of benzene rings is 1. The lowest BCUT2D eigenvalue weighted by Gasteiger charge is -2.38. The van der Waals surface area contributed by atoms with Crippen molar-refractivity contribution in [3.8, 4) is 0 Å². The molecule has 1 aromatic heterocycles. The molecule has 28 heavy (non-hydrogen) atoms. The number of guanidine groups is 1. The monoisotopic (exact) mass is 401 g/mol. The van der Waals surface area contributed by atoms with Crippen molar-refractivity contribution in [2.24, 2.45) is 4.99 Å². The molecule has 0 aliphatic carbocycles. The van der Waals surface area contributed by atoms with E-state index in [2.05, 4.69) is 53.9 Å². The number of halogens is 1. The molecule has 2 aromatic rings. The van der Waals surface area contributed by atoms with Gasteiger partial charge in [-0.3, -0.25) is 4.99 Å². The van der Waals surface area contributed by atoms with Crippen LogP contribution in [0.25, 0.3) is 0 Å². The second-order valence-electron chi connectivity index (χ2n) is 7.45. The molecule has 8 heteroatoms. The zero-order valence-corrected chi connectivity index (χ0v) is 17.4. The molecule has 7 nitrogen and oxygen atoms in total. The van der Waals surface area contributed by atoms with Gasteiger partial charge in [-0.05, 0) is 37.5 Å². The molecule has 3 heterocycles. The van der Waals surface area contributed by atoms with Crippen LogP contribution < -0.4 is 10.2 Å². The van der Waals surface area contributed by atoms with E-state index in [0.717, 1.165) is 61.8 Å². The van der Waals surface area contributed by atoms with E-state index in [1.165, 1.54) is 24.1 Å². The van der Waals surface area contributed by atoms with Crippen LogP contribution in [-0.4, -0.2) is 58.9 Å². The fraction of sp³-hybridized carbons (Fsp3) is 0.550. The highest BCUT2D eigenvalue weighted by molar-refractivity contribution is 6.30. The van der Waals surface area contributed by atoms with E-state index in [1.807, 2.05) is 13.1 Å². The highest BCUT2D eigenvalue weighted by Crippen LogP contribution is 2.25. The smallest absolute Gasteiger partial charge is 0.194 e. The summed E-state index contributed by atoms with van der Waals surface area (Å²) in [7, 11) is 1.84. The van der Waals surface area contributed by atoms with Crippen LogP contribution in [-0.2, 0) is 19.5 Å². The predicted molar refractivity (Wildman–Crippen MR) is 113 cm³/mol. The number of hydrogen-bond donors (Lipinski definition) is 1. The quantitative estimate of drug-likeness (QED) is 0.632. The van der Waals surface area contributed by atoms with Crippen LogP contribution in [0.3, 0.4) is 0 Å². The molecule has 0 atom stereocenters. The zero-order chi connectivity index (χ0) is 19.5. The fourth-order valence-corrected chi connectivity index (χ4v) is 4.24. The van der Waals surface area contributed by atoms with Crippen molar-refractivity contribution in [1.82, 2.24) is 25.0 Å². The molecular weight excluding hydrogens is 374 g/mol. The van der Waals surface area contributed by atoms with Crippen molar-refractivity contribution >= 4 is 23.2 Å². The lowest BCUT2D eigenvalue weighted by atomic mass is 10.1. The largest absolute Gasteiger partial charge is 0.368 e. The first-order valence-electron chi connectivity index (χ1n) is 10.0. The number of aryl methyl sites for hydroxylation is 2. The molecule has 0 saturated carbocycles. The molecule has 0 spiro atoms. The molecule has 150 valence electrons. The van der Waals surface area contributed by atoms with Gasteiger partial charge in [-0.25, -0.2) is 0 Å². The molecule has 1 aromatic carbocycles. The SMILES string of the molecule is CN=C(NCc1nnc2n1CCCC2)N1CCN(c2cc(Cl)ccc2C)CC1. The number of anilines is 1. The first kappa shape index (κ1) is 19.1. The zero-order valence-electron chi connectivity index (χ0n) is 16.7. The van der Waals surface area contributed by atoms with Crippen LogP contribution in [0.15, 0.2) is 23.2 Å². The van der Waals surface area contributed by atoms with Gasteiger partial charge in [-0.1, -0.05) is 17.7 Å². The molecule has 1 N–H and O–H groups in total. The van der Waals surface area contributed by atoms with E-state index < -0.39 is 0 Å². The lowest BCUT2D eigenvalue weighted by Crippen LogP contribution is -2.52. The fourth-order valence-electron chi connectivity index (χ4n) is 4.07. The van der Waals surface area contributed by atoms with E-state index in [-0.39, 0.29) is 0 Å². The van der Waals surface area contributed by atoms with Crippen LogP contribution >= 0.6 is 11.6 Å².